The van der Waals surface area contributed by atoms with E-state index in [0.717, 1.165) is 17.9 Å². The predicted octanol–water partition coefficient (Wildman–Crippen LogP) is 4.50. The Labute approximate surface area is 163 Å². The normalized spacial score (nSPS) is 22.7. The minimum Gasteiger partial charge on any atom is -0.306 e. The fourth-order valence-electron chi connectivity index (χ4n) is 4.75. The molecule has 2 fully saturated rings. The van der Waals surface area contributed by atoms with Gasteiger partial charge in [-0.05, 0) is 104 Å². The fourth-order valence-corrected chi connectivity index (χ4v) is 4.75. The molecule has 0 aromatic carbocycles. The standard InChI is InChI=1S/C23H45N3/c1-6-25(18-21(4)9-7-8-20(2)3)19-22-10-16-26(17-11-22)23-12-14-24(5)15-13-23/h8,21-23H,6-7,9-19H2,1-5H3. The molecule has 2 rings (SSSR count). The van der Waals surface area contributed by atoms with Gasteiger partial charge in [0.2, 0.25) is 0 Å². The van der Waals surface area contributed by atoms with Crippen molar-refractivity contribution >= 4 is 0 Å². The van der Waals surface area contributed by atoms with E-state index in [1.807, 2.05) is 0 Å². The van der Waals surface area contributed by atoms with E-state index in [4.69, 9.17) is 0 Å². The summed E-state index contributed by atoms with van der Waals surface area (Å²) in [6, 6.07) is 0.865. The van der Waals surface area contributed by atoms with E-state index in [0.29, 0.717) is 0 Å². The topological polar surface area (TPSA) is 9.72 Å². The van der Waals surface area contributed by atoms with Crippen LogP contribution in [0, 0.1) is 11.8 Å². The minimum atomic E-state index is 0.810. The highest BCUT2D eigenvalue weighted by Gasteiger charge is 2.28. The zero-order valence-corrected chi connectivity index (χ0v) is 18.3. The van der Waals surface area contributed by atoms with E-state index in [1.165, 1.54) is 89.9 Å². The molecule has 2 aliphatic rings. The zero-order chi connectivity index (χ0) is 18.9. The molecule has 26 heavy (non-hydrogen) atoms. The van der Waals surface area contributed by atoms with Gasteiger partial charge >= 0.3 is 0 Å². The lowest BCUT2D eigenvalue weighted by atomic mass is 9.92. The second-order valence-electron chi connectivity index (χ2n) is 9.33. The first kappa shape index (κ1) is 21.9. The number of hydrogen-bond donors (Lipinski definition) is 0. The Morgan fingerprint density at radius 1 is 1.08 bits per heavy atom. The van der Waals surface area contributed by atoms with Crippen LogP contribution in [0.4, 0.5) is 0 Å². The Balaban J connectivity index is 1.67. The maximum atomic E-state index is 2.81. The Morgan fingerprint density at radius 2 is 1.73 bits per heavy atom. The van der Waals surface area contributed by atoms with Crippen molar-refractivity contribution in [3.63, 3.8) is 0 Å². The third kappa shape index (κ3) is 7.70. The molecule has 2 saturated heterocycles. The third-order valence-electron chi connectivity index (χ3n) is 6.60. The summed E-state index contributed by atoms with van der Waals surface area (Å²) in [5.74, 6) is 1.73. The highest BCUT2D eigenvalue weighted by atomic mass is 15.2. The lowest BCUT2D eigenvalue weighted by Gasteiger charge is -2.42. The maximum absolute atomic E-state index is 2.81. The highest BCUT2D eigenvalue weighted by Crippen LogP contribution is 2.24. The van der Waals surface area contributed by atoms with Crippen molar-refractivity contribution in [2.45, 2.75) is 72.3 Å². The molecular weight excluding hydrogens is 318 g/mol. The summed E-state index contributed by atoms with van der Waals surface area (Å²) >= 11 is 0. The van der Waals surface area contributed by atoms with Crippen molar-refractivity contribution in [1.82, 2.24) is 14.7 Å². The highest BCUT2D eigenvalue weighted by molar-refractivity contribution is 4.93. The number of piperidine rings is 2. The smallest absolute Gasteiger partial charge is 0.0120 e. The first-order valence-corrected chi connectivity index (χ1v) is 11.3. The third-order valence-corrected chi connectivity index (χ3v) is 6.60. The molecule has 0 amide bonds. The Kier molecular flexibility index (Phi) is 9.66. The zero-order valence-electron chi connectivity index (χ0n) is 18.3. The summed E-state index contributed by atoms with van der Waals surface area (Å²) < 4.78 is 0. The molecule has 0 radical (unpaired) electrons. The first-order valence-electron chi connectivity index (χ1n) is 11.3. The van der Waals surface area contributed by atoms with Gasteiger partial charge in [0.25, 0.3) is 0 Å². The van der Waals surface area contributed by atoms with Gasteiger partial charge in [-0.15, -0.1) is 0 Å². The molecule has 1 atom stereocenters. The van der Waals surface area contributed by atoms with Crippen molar-refractivity contribution in [1.29, 1.82) is 0 Å². The van der Waals surface area contributed by atoms with Crippen molar-refractivity contribution in [2.75, 3.05) is 52.9 Å². The van der Waals surface area contributed by atoms with Gasteiger partial charge in [-0.1, -0.05) is 25.5 Å². The first-order chi connectivity index (χ1) is 12.5. The molecule has 3 heteroatoms. The average Bonchev–Trinajstić information content (AvgIpc) is 2.62. The Bertz CT molecular complexity index is 400. The van der Waals surface area contributed by atoms with Crippen LogP contribution in [0.3, 0.4) is 0 Å². The molecule has 0 aromatic rings. The molecular formula is C23H45N3. The van der Waals surface area contributed by atoms with Crippen LogP contribution in [-0.4, -0.2) is 73.6 Å². The van der Waals surface area contributed by atoms with Crippen LogP contribution in [-0.2, 0) is 0 Å². The molecule has 0 aliphatic carbocycles. The molecule has 0 aromatic heterocycles. The van der Waals surface area contributed by atoms with Gasteiger partial charge in [0, 0.05) is 19.1 Å². The number of rotatable bonds is 9. The second kappa shape index (κ2) is 11.5. The molecule has 2 aliphatic heterocycles. The summed E-state index contributed by atoms with van der Waals surface area (Å²) in [7, 11) is 2.27. The summed E-state index contributed by atoms with van der Waals surface area (Å²) in [4.78, 5) is 8.02. The molecule has 152 valence electrons. The SMILES string of the molecule is CCN(CC(C)CCC=C(C)C)CC1CCN(C2CCN(C)CC2)CC1. The number of likely N-dealkylation sites (tertiary alicyclic amines) is 2. The van der Waals surface area contributed by atoms with Gasteiger partial charge in [0.05, 0.1) is 0 Å². The monoisotopic (exact) mass is 363 g/mol. The van der Waals surface area contributed by atoms with Crippen LogP contribution in [0.25, 0.3) is 0 Å². The van der Waals surface area contributed by atoms with Crippen LogP contribution in [0.5, 0.6) is 0 Å². The van der Waals surface area contributed by atoms with Crippen LogP contribution >= 0.6 is 0 Å². The van der Waals surface area contributed by atoms with E-state index in [9.17, 15) is 0 Å². The molecule has 0 bridgehead atoms. The van der Waals surface area contributed by atoms with E-state index in [2.05, 4.69) is 55.5 Å². The quantitative estimate of drug-likeness (QED) is 0.559. The van der Waals surface area contributed by atoms with Gasteiger partial charge in [0.1, 0.15) is 0 Å². The largest absolute Gasteiger partial charge is 0.306 e. The van der Waals surface area contributed by atoms with Crippen molar-refractivity contribution in [3.8, 4) is 0 Å². The summed E-state index contributed by atoms with van der Waals surface area (Å²) in [6.07, 6.45) is 10.6. The van der Waals surface area contributed by atoms with Gasteiger partial charge in [-0.2, -0.15) is 0 Å². The fraction of sp³-hybridized carbons (Fsp3) is 0.913. The van der Waals surface area contributed by atoms with Gasteiger partial charge in [-0.3, -0.25) is 0 Å². The Hall–Kier alpha value is -0.380. The van der Waals surface area contributed by atoms with Crippen LogP contribution in [0.2, 0.25) is 0 Å². The number of hydrogen-bond acceptors (Lipinski definition) is 3. The number of allylic oxidation sites excluding steroid dienone is 2. The van der Waals surface area contributed by atoms with Crippen LogP contribution in [0.15, 0.2) is 11.6 Å². The molecule has 1 unspecified atom stereocenters. The number of nitrogens with zero attached hydrogens (tertiary/aromatic N) is 3. The molecule has 3 nitrogen and oxygen atoms in total. The molecule has 0 saturated carbocycles. The lowest BCUT2D eigenvalue weighted by Crippen LogP contribution is -2.48. The average molecular weight is 364 g/mol. The van der Waals surface area contributed by atoms with Gasteiger partial charge in [-0.25, -0.2) is 0 Å². The second-order valence-corrected chi connectivity index (χ2v) is 9.33. The van der Waals surface area contributed by atoms with Crippen molar-refractivity contribution in [2.24, 2.45) is 11.8 Å². The van der Waals surface area contributed by atoms with Gasteiger partial charge < -0.3 is 14.7 Å². The summed E-state index contributed by atoms with van der Waals surface area (Å²) in [6.45, 7) is 18.3. The summed E-state index contributed by atoms with van der Waals surface area (Å²) in [5, 5.41) is 0. The lowest BCUT2D eigenvalue weighted by molar-refractivity contribution is 0.0736. The molecule has 0 spiro atoms. The van der Waals surface area contributed by atoms with Crippen LogP contribution < -0.4 is 0 Å². The van der Waals surface area contributed by atoms with E-state index in [1.54, 1.807) is 0 Å². The van der Waals surface area contributed by atoms with Crippen molar-refractivity contribution < 1.29 is 0 Å². The van der Waals surface area contributed by atoms with Crippen LogP contribution in [0.1, 0.15) is 66.2 Å². The Morgan fingerprint density at radius 3 is 2.31 bits per heavy atom. The van der Waals surface area contributed by atoms with E-state index < -0.39 is 0 Å². The predicted molar refractivity (Wildman–Crippen MR) is 115 cm³/mol. The summed E-state index contributed by atoms with van der Waals surface area (Å²) in [5.41, 5.74) is 1.46. The minimum absolute atomic E-state index is 0.810. The van der Waals surface area contributed by atoms with E-state index >= 15 is 0 Å². The van der Waals surface area contributed by atoms with Gasteiger partial charge in [0.15, 0.2) is 0 Å². The molecule has 2 heterocycles. The van der Waals surface area contributed by atoms with Crippen molar-refractivity contribution in [3.05, 3.63) is 11.6 Å². The maximum Gasteiger partial charge on any atom is 0.0120 e. The van der Waals surface area contributed by atoms with E-state index in [-0.39, 0.29) is 0 Å². The molecule has 0 N–H and O–H groups in total.